The summed E-state index contributed by atoms with van der Waals surface area (Å²) < 4.78 is 13.8. The Kier molecular flexibility index (Phi) is 5.13. The fourth-order valence-electron chi connectivity index (χ4n) is 3.48. The van der Waals surface area contributed by atoms with E-state index in [-0.39, 0.29) is 11.8 Å². The summed E-state index contributed by atoms with van der Waals surface area (Å²) >= 11 is 0. The number of rotatable bonds is 4. The Morgan fingerprint density at radius 1 is 1.26 bits per heavy atom. The SMILES string of the molecule is C=C(C)c1cccc([C@H]2CN(C)C(=O)[C@@H]2C(=O)Nc2cccc(F)c2C)c1. The van der Waals surface area contributed by atoms with Crippen LogP contribution in [0.3, 0.4) is 0 Å². The van der Waals surface area contributed by atoms with E-state index in [0.29, 0.717) is 17.8 Å². The van der Waals surface area contributed by atoms with Crippen molar-refractivity contribution >= 4 is 23.1 Å². The Morgan fingerprint density at radius 3 is 2.67 bits per heavy atom. The lowest BCUT2D eigenvalue weighted by Crippen LogP contribution is -2.33. The van der Waals surface area contributed by atoms with Crippen LogP contribution >= 0.6 is 0 Å². The minimum atomic E-state index is -0.849. The summed E-state index contributed by atoms with van der Waals surface area (Å²) in [5, 5.41) is 2.74. The molecule has 1 fully saturated rings. The summed E-state index contributed by atoms with van der Waals surface area (Å²) in [7, 11) is 1.69. The highest BCUT2D eigenvalue weighted by atomic mass is 19.1. The van der Waals surface area contributed by atoms with Crippen molar-refractivity contribution in [1.29, 1.82) is 0 Å². The quantitative estimate of drug-likeness (QED) is 0.832. The van der Waals surface area contributed by atoms with Crippen LogP contribution in [0.2, 0.25) is 0 Å². The average molecular weight is 366 g/mol. The van der Waals surface area contributed by atoms with Crippen LogP contribution in [0.4, 0.5) is 10.1 Å². The van der Waals surface area contributed by atoms with Gasteiger partial charge in [0.15, 0.2) is 0 Å². The third-order valence-electron chi connectivity index (χ3n) is 5.13. The lowest BCUT2D eigenvalue weighted by atomic mass is 9.86. The molecule has 2 atom stereocenters. The molecule has 0 radical (unpaired) electrons. The number of nitrogens with zero attached hydrogens (tertiary/aromatic N) is 1. The number of carbonyl (C=O) groups is 2. The van der Waals surface area contributed by atoms with Crippen molar-refractivity contribution < 1.29 is 14.0 Å². The highest BCUT2D eigenvalue weighted by Crippen LogP contribution is 2.35. The van der Waals surface area contributed by atoms with E-state index in [1.807, 2.05) is 31.2 Å². The summed E-state index contributed by atoms with van der Waals surface area (Å²) in [6.07, 6.45) is 0. The third kappa shape index (κ3) is 3.63. The largest absolute Gasteiger partial charge is 0.344 e. The van der Waals surface area contributed by atoms with Gasteiger partial charge in [-0.05, 0) is 37.1 Å². The number of allylic oxidation sites excluding steroid dienone is 1. The van der Waals surface area contributed by atoms with Gasteiger partial charge in [-0.25, -0.2) is 4.39 Å². The smallest absolute Gasteiger partial charge is 0.237 e. The maximum absolute atomic E-state index is 13.8. The van der Waals surface area contributed by atoms with Crippen LogP contribution in [-0.2, 0) is 9.59 Å². The molecular formula is C22H23FN2O2. The first-order valence-electron chi connectivity index (χ1n) is 8.86. The zero-order valence-electron chi connectivity index (χ0n) is 15.8. The van der Waals surface area contributed by atoms with Crippen LogP contribution in [0.1, 0.15) is 29.5 Å². The summed E-state index contributed by atoms with van der Waals surface area (Å²) in [6, 6.07) is 12.3. The molecule has 4 nitrogen and oxygen atoms in total. The summed E-state index contributed by atoms with van der Waals surface area (Å²) in [6.45, 7) is 7.93. The molecule has 0 aromatic heterocycles. The number of hydrogen-bond donors (Lipinski definition) is 1. The van der Waals surface area contributed by atoms with Gasteiger partial charge < -0.3 is 10.2 Å². The Morgan fingerprint density at radius 2 is 1.96 bits per heavy atom. The standard InChI is InChI=1S/C22H23FN2O2/c1-13(2)15-7-5-8-16(11-15)17-12-25(4)22(27)20(17)21(26)24-19-10-6-9-18(23)14(19)3/h5-11,17,20H,1,12H2,2-4H3,(H,24,26)/t17-,20+/m1/s1. The van der Waals surface area contributed by atoms with Gasteiger partial charge in [0.05, 0.1) is 0 Å². The first-order valence-corrected chi connectivity index (χ1v) is 8.86. The molecule has 140 valence electrons. The van der Waals surface area contributed by atoms with Gasteiger partial charge in [-0.15, -0.1) is 0 Å². The molecule has 2 amide bonds. The summed E-state index contributed by atoms with van der Waals surface area (Å²) in [5.74, 6) is -2.15. The number of likely N-dealkylation sites (tertiary alicyclic amines) is 1. The molecule has 0 saturated carbocycles. The number of benzene rings is 2. The van der Waals surface area contributed by atoms with Gasteiger partial charge >= 0.3 is 0 Å². The molecule has 1 saturated heterocycles. The molecule has 3 rings (SSSR count). The molecule has 1 N–H and O–H groups in total. The molecule has 0 bridgehead atoms. The van der Waals surface area contributed by atoms with Gasteiger partial charge in [-0.3, -0.25) is 9.59 Å². The molecule has 2 aromatic carbocycles. The lowest BCUT2D eigenvalue weighted by molar-refractivity contribution is -0.135. The van der Waals surface area contributed by atoms with E-state index < -0.39 is 17.6 Å². The molecule has 2 aromatic rings. The zero-order chi connectivity index (χ0) is 19.7. The Balaban J connectivity index is 1.92. The fraction of sp³-hybridized carbons (Fsp3) is 0.273. The van der Waals surface area contributed by atoms with E-state index in [2.05, 4.69) is 11.9 Å². The normalized spacial score (nSPS) is 19.3. The average Bonchev–Trinajstić information content (AvgIpc) is 2.94. The second kappa shape index (κ2) is 7.35. The number of carbonyl (C=O) groups excluding carboxylic acids is 2. The van der Waals surface area contributed by atoms with Crippen LogP contribution in [-0.4, -0.2) is 30.3 Å². The number of nitrogens with one attached hydrogen (secondary N) is 1. The number of hydrogen-bond acceptors (Lipinski definition) is 2. The minimum Gasteiger partial charge on any atom is -0.344 e. The van der Waals surface area contributed by atoms with Crippen molar-refractivity contribution in [2.75, 3.05) is 18.9 Å². The maximum Gasteiger partial charge on any atom is 0.237 e. The zero-order valence-corrected chi connectivity index (χ0v) is 15.8. The topological polar surface area (TPSA) is 49.4 Å². The second-order valence-corrected chi connectivity index (χ2v) is 7.11. The van der Waals surface area contributed by atoms with Gasteiger partial charge in [0, 0.05) is 30.8 Å². The van der Waals surface area contributed by atoms with Gasteiger partial charge in [0.1, 0.15) is 11.7 Å². The number of amides is 2. The molecule has 0 unspecified atom stereocenters. The number of halogens is 1. The molecule has 1 aliphatic rings. The lowest BCUT2D eigenvalue weighted by Gasteiger charge is -2.18. The van der Waals surface area contributed by atoms with E-state index in [1.165, 1.54) is 12.1 Å². The minimum absolute atomic E-state index is 0.229. The van der Waals surface area contributed by atoms with E-state index in [9.17, 15) is 14.0 Å². The highest BCUT2D eigenvalue weighted by Gasteiger charge is 2.44. The van der Waals surface area contributed by atoms with Crippen molar-refractivity contribution in [3.8, 4) is 0 Å². The Labute approximate surface area is 158 Å². The monoisotopic (exact) mass is 366 g/mol. The van der Waals surface area contributed by atoms with Gasteiger partial charge in [-0.1, -0.05) is 42.5 Å². The van der Waals surface area contributed by atoms with Crippen LogP contribution in [0.15, 0.2) is 49.0 Å². The first-order chi connectivity index (χ1) is 12.8. The van der Waals surface area contributed by atoms with Crippen LogP contribution < -0.4 is 5.32 Å². The van der Waals surface area contributed by atoms with Gasteiger partial charge in [-0.2, -0.15) is 0 Å². The molecule has 1 aliphatic heterocycles. The van der Waals surface area contributed by atoms with Crippen LogP contribution in [0, 0.1) is 18.7 Å². The van der Waals surface area contributed by atoms with Gasteiger partial charge in [0.25, 0.3) is 0 Å². The molecule has 0 spiro atoms. The molecule has 27 heavy (non-hydrogen) atoms. The number of likely N-dealkylation sites (N-methyl/N-ethyl adjacent to an activating group) is 1. The molecule has 0 aliphatic carbocycles. The molecule has 5 heteroatoms. The van der Waals surface area contributed by atoms with E-state index >= 15 is 0 Å². The van der Waals surface area contributed by atoms with Crippen molar-refractivity contribution in [3.63, 3.8) is 0 Å². The maximum atomic E-state index is 13.8. The first kappa shape index (κ1) is 18.8. The van der Waals surface area contributed by atoms with E-state index in [4.69, 9.17) is 0 Å². The third-order valence-corrected chi connectivity index (χ3v) is 5.13. The fourth-order valence-corrected chi connectivity index (χ4v) is 3.48. The predicted octanol–water partition coefficient (Wildman–Crippen LogP) is 3.98. The van der Waals surface area contributed by atoms with Crippen molar-refractivity contribution in [1.82, 2.24) is 4.90 Å². The van der Waals surface area contributed by atoms with Crippen molar-refractivity contribution in [3.05, 3.63) is 71.6 Å². The van der Waals surface area contributed by atoms with E-state index in [0.717, 1.165) is 16.7 Å². The van der Waals surface area contributed by atoms with Crippen molar-refractivity contribution in [2.24, 2.45) is 5.92 Å². The van der Waals surface area contributed by atoms with Gasteiger partial charge in [0.2, 0.25) is 11.8 Å². The summed E-state index contributed by atoms with van der Waals surface area (Å²) in [4.78, 5) is 27.2. The Hall–Kier alpha value is -2.95. The molecular weight excluding hydrogens is 343 g/mol. The van der Waals surface area contributed by atoms with Crippen molar-refractivity contribution in [2.45, 2.75) is 19.8 Å². The van der Waals surface area contributed by atoms with Crippen LogP contribution in [0.25, 0.3) is 5.57 Å². The van der Waals surface area contributed by atoms with E-state index in [1.54, 1.807) is 24.9 Å². The highest BCUT2D eigenvalue weighted by molar-refractivity contribution is 6.08. The predicted molar refractivity (Wildman–Crippen MR) is 105 cm³/mol. The number of anilines is 1. The second-order valence-electron chi connectivity index (χ2n) is 7.11. The van der Waals surface area contributed by atoms with Crippen LogP contribution in [0.5, 0.6) is 0 Å². The Bertz CT molecular complexity index is 922. The molecule has 1 heterocycles. The summed E-state index contributed by atoms with van der Waals surface area (Å²) in [5.41, 5.74) is 3.56.